The summed E-state index contributed by atoms with van der Waals surface area (Å²) >= 11 is 1.74. The third-order valence-electron chi connectivity index (χ3n) is 4.79. The Labute approximate surface area is 156 Å². The van der Waals surface area contributed by atoms with Crippen molar-refractivity contribution in [2.24, 2.45) is 0 Å². The summed E-state index contributed by atoms with van der Waals surface area (Å²) < 4.78 is 23.8. The molecule has 3 heterocycles. The highest BCUT2D eigenvalue weighted by molar-refractivity contribution is 7.90. The molecule has 0 bridgehead atoms. The lowest BCUT2D eigenvalue weighted by Gasteiger charge is -2.32. The normalized spacial score (nSPS) is 16.3. The molecule has 3 aromatic rings. The summed E-state index contributed by atoms with van der Waals surface area (Å²) in [6.45, 7) is 3.78. The fraction of sp³-hybridized carbons (Fsp3) is 0.389. The molecule has 2 aromatic heterocycles. The zero-order chi connectivity index (χ0) is 18.3. The Bertz CT molecular complexity index is 1050. The Kier molecular flexibility index (Phi) is 4.40. The smallest absolute Gasteiger partial charge is 0.175 e. The van der Waals surface area contributed by atoms with Crippen molar-refractivity contribution in [2.45, 2.75) is 30.6 Å². The molecule has 1 aromatic carbocycles. The number of rotatable bonds is 3. The maximum absolute atomic E-state index is 11.9. The van der Waals surface area contributed by atoms with Crippen LogP contribution in [-0.2, 0) is 9.84 Å². The summed E-state index contributed by atoms with van der Waals surface area (Å²) in [5, 5.41) is 4.11. The van der Waals surface area contributed by atoms with Crippen LogP contribution < -0.4 is 4.90 Å². The Morgan fingerprint density at radius 1 is 1.19 bits per heavy atom. The molecule has 1 aliphatic heterocycles. The van der Waals surface area contributed by atoms with Crippen LogP contribution in [0.2, 0.25) is 0 Å². The summed E-state index contributed by atoms with van der Waals surface area (Å²) in [6.07, 6.45) is 4.81. The maximum atomic E-state index is 11.9. The SMILES string of the molecule is Cc1csc(C2CCN(c3ncnc4ccc(S(C)(=O)=O)cc34)CC2)n1. The lowest BCUT2D eigenvalue weighted by Crippen LogP contribution is -2.33. The average Bonchev–Trinajstić information content (AvgIpc) is 3.06. The number of fused-ring (bicyclic) bond motifs is 1. The molecular formula is C18H20N4O2S2. The molecule has 0 amide bonds. The Morgan fingerprint density at radius 2 is 1.96 bits per heavy atom. The van der Waals surface area contributed by atoms with E-state index < -0.39 is 9.84 Å². The molecule has 136 valence electrons. The summed E-state index contributed by atoms with van der Waals surface area (Å²) in [6, 6.07) is 5.05. The van der Waals surface area contributed by atoms with Crippen molar-refractivity contribution in [3.05, 3.63) is 40.6 Å². The van der Waals surface area contributed by atoms with E-state index >= 15 is 0 Å². The molecule has 0 spiro atoms. The Morgan fingerprint density at radius 3 is 2.62 bits per heavy atom. The average molecular weight is 389 g/mol. The predicted octanol–water partition coefficient (Wildman–Crippen LogP) is 3.18. The molecule has 1 fully saturated rings. The summed E-state index contributed by atoms with van der Waals surface area (Å²) in [7, 11) is -3.27. The van der Waals surface area contributed by atoms with E-state index in [-0.39, 0.29) is 0 Å². The third kappa shape index (κ3) is 3.31. The quantitative estimate of drug-likeness (QED) is 0.686. The second-order valence-electron chi connectivity index (χ2n) is 6.74. The van der Waals surface area contributed by atoms with E-state index in [1.807, 2.05) is 6.92 Å². The molecule has 0 unspecified atom stereocenters. The zero-order valence-corrected chi connectivity index (χ0v) is 16.3. The van der Waals surface area contributed by atoms with Gasteiger partial charge in [0, 0.05) is 41.7 Å². The number of sulfone groups is 1. The molecule has 1 aliphatic rings. The molecule has 0 aliphatic carbocycles. The Hall–Kier alpha value is -2.06. The van der Waals surface area contributed by atoms with Crippen molar-refractivity contribution in [1.82, 2.24) is 15.0 Å². The van der Waals surface area contributed by atoms with Crippen LogP contribution in [0.25, 0.3) is 10.9 Å². The van der Waals surface area contributed by atoms with E-state index in [1.165, 1.54) is 11.3 Å². The van der Waals surface area contributed by atoms with Crippen LogP contribution in [0, 0.1) is 6.92 Å². The van der Waals surface area contributed by atoms with Gasteiger partial charge in [0.1, 0.15) is 12.1 Å². The van der Waals surface area contributed by atoms with Gasteiger partial charge in [0.2, 0.25) is 0 Å². The molecule has 4 rings (SSSR count). The van der Waals surface area contributed by atoms with Gasteiger partial charge in [-0.1, -0.05) is 0 Å². The minimum absolute atomic E-state index is 0.300. The van der Waals surface area contributed by atoms with E-state index in [2.05, 4.69) is 25.2 Å². The third-order valence-corrected chi connectivity index (χ3v) is 7.03. The predicted molar refractivity (Wildman–Crippen MR) is 104 cm³/mol. The van der Waals surface area contributed by atoms with Crippen molar-refractivity contribution in [1.29, 1.82) is 0 Å². The molecule has 0 atom stereocenters. The molecule has 0 saturated carbocycles. The molecular weight excluding hydrogens is 368 g/mol. The van der Waals surface area contributed by atoms with Gasteiger partial charge >= 0.3 is 0 Å². The van der Waals surface area contributed by atoms with E-state index in [0.29, 0.717) is 10.8 Å². The largest absolute Gasteiger partial charge is 0.356 e. The van der Waals surface area contributed by atoms with E-state index in [9.17, 15) is 8.42 Å². The Balaban J connectivity index is 1.63. The highest BCUT2D eigenvalue weighted by atomic mass is 32.2. The first-order chi connectivity index (χ1) is 12.4. The van der Waals surface area contributed by atoms with E-state index in [4.69, 9.17) is 0 Å². The highest BCUT2D eigenvalue weighted by Crippen LogP contribution is 2.34. The van der Waals surface area contributed by atoms with Crippen molar-refractivity contribution < 1.29 is 8.42 Å². The number of piperidine rings is 1. The van der Waals surface area contributed by atoms with Crippen molar-refractivity contribution >= 4 is 37.9 Å². The number of nitrogens with zero attached hydrogens (tertiary/aromatic N) is 4. The second-order valence-corrected chi connectivity index (χ2v) is 9.64. The first-order valence-electron chi connectivity index (χ1n) is 8.53. The van der Waals surface area contributed by atoms with Crippen LogP contribution in [0.4, 0.5) is 5.82 Å². The second kappa shape index (κ2) is 6.59. The monoisotopic (exact) mass is 388 g/mol. The number of aryl methyl sites for hydroxylation is 1. The number of benzene rings is 1. The lowest BCUT2D eigenvalue weighted by molar-refractivity contribution is 0.501. The standard InChI is InChI=1S/C18H20N4O2S2/c1-12-10-25-18(21-12)13-5-7-22(8-6-13)17-15-9-14(26(2,23)24)3-4-16(15)19-11-20-17/h3-4,9-11,13H,5-8H2,1-2H3. The molecule has 0 N–H and O–H groups in total. The van der Waals surface area contributed by atoms with E-state index in [0.717, 1.165) is 48.3 Å². The van der Waals surface area contributed by atoms with Gasteiger partial charge in [-0.05, 0) is 38.0 Å². The van der Waals surface area contributed by atoms with Crippen LogP contribution in [0.5, 0.6) is 0 Å². The van der Waals surface area contributed by atoms with Gasteiger partial charge in [-0.2, -0.15) is 0 Å². The maximum Gasteiger partial charge on any atom is 0.175 e. The van der Waals surface area contributed by atoms with Crippen molar-refractivity contribution in [3.63, 3.8) is 0 Å². The van der Waals surface area contributed by atoms with Crippen molar-refractivity contribution in [3.8, 4) is 0 Å². The summed E-state index contributed by atoms with van der Waals surface area (Å²) in [5.41, 5.74) is 1.85. The molecule has 1 saturated heterocycles. The van der Waals surface area contributed by atoms with Crippen LogP contribution in [-0.4, -0.2) is 42.7 Å². The fourth-order valence-corrected chi connectivity index (χ4v) is 5.02. The highest BCUT2D eigenvalue weighted by Gasteiger charge is 2.25. The number of anilines is 1. The summed E-state index contributed by atoms with van der Waals surface area (Å²) in [4.78, 5) is 15.9. The van der Waals surface area contributed by atoms with E-state index in [1.54, 1.807) is 35.9 Å². The molecule has 26 heavy (non-hydrogen) atoms. The van der Waals surface area contributed by atoms with Gasteiger partial charge in [0.25, 0.3) is 0 Å². The topological polar surface area (TPSA) is 76.1 Å². The van der Waals surface area contributed by atoms with Crippen LogP contribution in [0.15, 0.2) is 34.8 Å². The minimum Gasteiger partial charge on any atom is -0.356 e. The van der Waals surface area contributed by atoms with Crippen LogP contribution in [0.3, 0.4) is 0 Å². The van der Waals surface area contributed by atoms with Crippen LogP contribution in [0.1, 0.15) is 29.5 Å². The first-order valence-corrected chi connectivity index (χ1v) is 11.3. The van der Waals surface area contributed by atoms with Gasteiger partial charge in [0.15, 0.2) is 9.84 Å². The first kappa shape index (κ1) is 17.4. The van der Waals surface area contributed by atoms with Gasteiger partial charge in [-0.3, -0.25) is 0 Å². The molecule has 8 heteroatoms. The van der Waals surface area contributed by atoms with Gasteiger partial charge in [-0.15, -0.1) is 11.3 Å². The molecule has 6 nitrogen and oxygen atoms in total. The number of hydrogen-bond donors (Lipinski definition) is 0. The van der Waals surface area contributed by atoms with Crippen LogP contribution >= 0.6 is 11.3 Å². The summed E-state index contributed by atoms with van der Waals surface area (Å²) in [5.74, 6) is 1.30. The van der Waals surface area contributed by atoms with Gasteiger partial charge < -0.3 is 4.90 Å². The zero-order valence-electron chi connectivity index (χ0n) is 14.7. The van der Waals surface area contributed by atoms with Crippen molar-refractivity contribution in [2.75, 3.05) is 24.2 Å². The van der Waals surface area contributed by atoms with Gasteiger partial charge in [-0.25, -0.2) is 23.4 Å². The number of aromatic nitrogens is 3. The molecule has 0 radical (unpaired) electrons. The fourth-order valence-electron chi connectivity index (χ4n) is 3.40. The number of hydrogen-bond acceptors (Lipinski definition) is 7. The number of thiazole rings is 1. The lowest BCUT2D eigenvalue weighted by atomic mass is 9.97. The minimum atomic E-state index is -3.27. The van der Waals surface area contributed by atoms with Gasteiger partial charge in [0.05, 0.1) is 15.4 Å².